The Morgan fingerprint density at radius 3 is 2.46 bits per heavy atom. The molecule has 0 spiro atoms. The molecular weight excluding hydrogens is 494 g/mol. The van der Waals surface area contributed by atoms with E-state index in [4.69, 9.17) is 16.3 Å². The first-order valence-corrected chi connectivity index (χ1v) is 12.5. The van der Waals surface area contributed by atoms with Crippen molar-refractivity contribution in [1.82, 2.24) is 0 Å². The fourth-order valence-corrected chi connectivity index (χ4v) is 5.26. The number of rotatable bonds is 5. The number of fused-ring (bicyclic) bond motifs is 1. The summed E-state index contributed by atoms with van der Waals surface area (Å²) in [4.78, 5) is 28.0. The number of hydrogen-bond acceptors (Lipinski definition) is 6. The minimum Gasteiger partial charge on any atom is -0.507 e. The van der Waals surface area contributed by atoms with Gasteiger partial charge in [-0.05, 0) is 85.7 Å². The third-order valence-corrected chi connectivity index (χ3v) is 7.10. The van der Waals surface area contributed by atoms with E-state index < -0.39 is 17.7 Å². The van der Waals surface area contributed by atoms with Gasteiger partial charge in [-0.3, -0.25) is 14.5 Å². The molecule has 0 saturated carbocycles. The fourth-order valence-electron chi connectivity index (χ4n) is 5.09. The van der Waals surface area contributed by atoms with E-state index >= 15 is 0 Å². The predicted molar refractivity (Wildman–Crippen MR) is 140 cm³/mol. The van der Waals surface area contributed by atoms with Crippen LogP contribution in [-0.4, -0.2) is 33.6 Å². The SMILES string of the molecule is CCOc1cc(C2/C(=C(\O)c3ccc4c(c3)CCCC4)C(=O)C(=O)N2c2cc(Cl)ccc2O)ccc1O. The van der Waals surface area contributed by atoms with Crippen LogP contribution in [0, 0.1) is 0 Å². The van der Waals surface area contributed by atoms with E-state index in [1.54, 1.807) is 19.1 Å². The Balaban J connectivity index is 1.73. The summed E-state index contributed by atoms with van der Waals surface area (Å²) in [7, 11) is 0. The van der Waals surface area contributed by atoms with Crippen molar-refractivity contribution in [3.63, 3.8) is 0 Å². The van der Waals surface area contributed by atoms with Crippen LogP contribution in [0.25, 0.3) is 5.76 Å². The predicted octanol–water partition coefficient (Wildman–Crippen LogP) is 5.66. The zero-order valence-electron chi connectivity index (χ0n) is 20.2. The molecule has 1 atom stereocenters. The molecule has 3 aromatic rings. The largest absolute Gasteiger partial charge is 0.507 e. The molecule has 1 unspecified atom stereocenters. The molecule has 0 aromatic heterocycles. The number of ether oxygens (including phenoxy) is 1. The molecule has 1 saturated heterocycles. The van der Waals surface area contributed by atoms with Gasteiger partial charge in [-0.15, -0.1) is 0 Å². The van der Waals surface area contributed by atoms with Crippen LogP contribution in [-0.2, 0) is 22.4 Å². The number of aliphatic hydroxyl groups excluding tert-OH is 1. The molecule has 3 aromatic carbocycles. The number of halogens is 1. The number of Topliss-reactive ketones (excluding diaryl/α,β-unsaturated/α-hetero) is 1. The van der Waals surface area contributed by atoms with Crippen LogP contribution < -0.4 is 9.64 Å². The average molecular weight is 520 g/mol. The lowest BCUT2D eigenvalue weighted by molar-refractivity contribution is -0.132. The maximum absolute atomic E-state index is 13.4. The van der Waals surface area contributed by atoms with E-state index in [-0.39, 0.29) is 45.9 Å². The third kappa shape index (κ3) is 4.40. The number of carbonyl (C=O) groups is 2. The molecule has 8 heteroatoms. The zero-order chi connectivity index (χ0) is 26.3. The highest BCUT2D eigenvalue weighted by Gasteiger charge is 2.48. The lowest BCUT2D eigenvalue weighted by atomic mass is 9.88. The molecule has 7 nitrogen and oxygen atoms in total. The van der Waals surface area contributed by atoms with E-state index in [9.17, 15) is 24.9 Å². The molecule has 0 radical (unpaired) electrons. The molecule has 3 N–H and O–H groups in total. The Morgan fingerprint density at radius 2 is 1.70 bits per heavy atom. The smallest absolute Gasteiger partial charge is 0.300 e. The molecule has 0 bridgehead atoms. The molecular formula is C29H26ClNO6. The number of hydrogen-bond donors (Lipinski definition) is 3. The van der Waals surface area contributed by atoms with Gasteiger partial charge in [0.2, 0.25) is 0 Å². The summed E-state index contributed by atoms with van der Waals surface area (Å²) in [6, 6.07) is 13.1. The van der Waals surface area contributed by atoms with Crippen molar-refractivity contribution >= 4 is 34.7 Å². The molecule has 190 valence electrons. The topological polar surface area (TPSA) is 107 Å². The molecule has 37 heavy (non-hydrogen) atoms. The highest BCUT2D eigenvalue weighted by molar-refractivity contribution is 6.52. The van der Waals surface area contributed by atoms with Crippen LogP contribution in [0.1, 0.15) is 48.1 Å². The second kappa shape index (κ2) is 9.82. The van der Waals surface area contributed by atoms with Gasteiger partial charge in [0.25, 0.3) is 11.7 Å². The van der Waals surface area contributed by atoms with E-state index in [2.05, 4.69) is 0 Å². The summed E-state index contributed by atoms with van der Waals surface area (Å²) in [5.41, 5.74) is 3.05. The number of nitrogens with zero attached hydrogens (tertiary/aromatic N) is 1. The van der Waals surface area contributed by atoms with E-state index in [1.165, 1.54) is 35.9 Å². The van der Waals surface area contributed by atoms with Gasteiger partial charge in [-0.25, -0.2) is 0 Å². The second-order valence-electron chi connectivity index (χ2n) is 9.15. The lowest BCUT2D eigenvalue weighted by Crippen LogP contribution is -2.29. The molecule has 1 fully saturated rings. The van der Waals surface area contributed by atoms with Gasteiger partial charge in [0.15, 0.2) is 11.5 Å². The first kappa shape index (κ1) is 24.7. The number of phenols is 2. The third-order valence-electron chi connectivity index (χ3n) is 6.86. The van der Waals surface area contributed by atoms with Crippen molar-refractivity contribution in [2.45, 2.75) is 38.6 Å². The van der Waals surface area contributed by atoms with Gasteiger partial charge in [0, 0.05) is 10.6 Å². The number of amides is 1. The Bertz CT molecular complexity index is 1450. The number of aryl methyl sites for hydroxylation is 2. The number of benzene rings is 3. The molecule has 1 aliphatic carbocycles. The molecule has 1 heterocycles. The highest BCUT2D eigenvalue weighted by atomic mass is 35.5. The van der Waals surface area contributed by atoms with Crippen molar-refractivity contribution in [1.29, 1.82) is 0 Å². The molecule has 5 rings (SSSR count). The summed E-state index contributed by atoms with van der Waals surface area (Å²) < 4.78 is 5.53. The monoisotopic (exact) mass is 519 g/mol. The summed E-state index contributed by atoms with van der Waals surface area (Å²) in [5.74, 6) is -2.34. The van der Waals surface area contributed by atoms with Crippen molar-refractivity contribution in [2.75, 3.05) is 11.5 Å². The van der Waals surface area contributed by atoms with Crippen LogP contribution in [0.15, 0.2) is 60.2 Å². The Hall–Kier alpha value is -3.97. The first-order valence-electron chi connectivity index (χ1n) is 12.2. The number of phenolic OH excluding ortho intramolecular Hbond substituents is 2. The van der Waals surface area contributed by atoms with Gasteiger partial charge in [0.1, 0.15) is 11.5 Å². The summed E-state index contributed by atoms with van der Waals surface area (Å²) in [6.07, 6.45) is 3.99. The van der Waals surface area contributed by atoms with Gasteiger partial charge in [-0.1, -0.05) is 29.8 Å². The quantitative estimate of drug-likeness (QED) is 0.228. The van der Waals surface area contributed by atoms with Crippen LogP contribution in [0.2, 0.25) is 5.02 Å². The number of anilines is 1. The van der Waals surface area contributed by atoms with Crippen LogP contribution in [0.5, 0.6) is 17.2 Å². The number of aromatic hydroxyl groups is 2. The fraction of sp³-hybridized carbons (Fsp3) is 0.241. The van der Waals surface area contributed by atoms with Crippen molar-refractivity contribution in [3.05, 3.63) is 87.4 Å². The minimum absolute atomic E-state index is 0.0233. The average Bonchev–Trinajstić information content (AvgIpc) is 3.16. The second-order valence-corrected chi connectivity index (χ2v) is 9.59. The standard InChI is InChI=1S/C29H26ClNO6/c1-2-37-24-14-18(9-11-23(24)33)26-25(27(34)19-8-7-16-5-3-4-6-17(16)13-19)28(35)29(36)31(26)21-15-20(30)10-12-22(21)32/h7-15,26,32-34H,2-6H2,1H3/b27-25+. The van der Waals surface area contributed by atoms with E-state index in [0.717, 1.165) is 36.1 Å². The van der Waals surface area contributed by atoms with E-state index in [0.29, 0.717) is 11.1 Å². The summed E-state index contributed by atoms with van der Waals surface area (Å²) >= 11 is 6.17. The number of aliphatic hydroxyl groups is 1. The number of carbonyl (C=O) groups excluding carboxylic acids is 2. The summed E-state index contributed by atoms with van der Waals surface area (Å²) in [5, 5.41) is 32.6. The van der Waals surface area contributed by atoms with Crippen molar-refractivity contribution in [3.8, 4) is 17.2 Å². The lowest BCUT2D eigenvalue weighted by Gasteiger charge is -2.26. The van der Waals surface area contributed by atoms with Gasteiger partial charge >= 0.3 is 0 Å². The van der Waals surface area contributed by atoms with E-state index in [1.807, 2.05) is 12.1 Å². The first-order chi connectivity index (χ1) is 17.8. The van der Waals surface area contributed by atoms with Gasteiger partial charge in [0.05, 0.1) is 23.9 Å². The molecule has 2 aliphatic rings. The molecule has 1 amide bonds. The Kier molecular flexibility index (Phi) is 6.56. The van der Waals surface area contributed by atoms with Crippen molar-refractivity contribution < 1.29 is 29.6 Å². The zero-order valence-corrected chi connectivity index (χ0v) is 21.0. The summed E-state index contributed by atoms with van der Waals surface area (Å²) in [6.45, 7) is 2.04. The molecule has 1 aliphatic heterocycles. The van der Waals surface area contributed by atoms with Crippen molar-refractivity contribution in [2.24, 2.45) is 0 Å². The van der Waals surface area contributed by atoms with Crippen LogP contribution in [0.3, 0.4) is 0 Å². The van der Waals surface area contributed by atoms with Gasteiger partial charge in [-0.2, -0.15) is 0 Å². The van der Waals surface area contributed by atoms with Gasteiger partial charge < -0.3 is 20.1 Å². The number of ketones is 1. The van der Waals surface area contributed by atoms with Crippen LogP contribution >= 0.6 is 11.6 Å². The maximum atomic E-state index is 13.4. The highest BCUT2D eigenvalue weighted by Crippen LogP contribution is 2.46. The Morgan fingerprint density at radius 1 is 0.973 bits per heavy atom. The van der Waals surface area contributed by atoms with Crippen LogP contribution in [0.4, 0.5) is 5.69 Å². The maximum Gasteiger partial charge on any atom is 0.300 e. The normalized spacial score (nSPS) is 18.6. The Labute approximate surface area is 219 Å². The minimum atomic E-state index is -1.11.